The molecule has 1 N–H and O–H groups in total. The predicted octanol–water partition coefficient (Wildman–Crippen LogP) is 1.34. The van der Waals surface area contributed by atoms with Crippen LogP contribution in [0.2, 0.25) is 0 Å². The average Bonchev–Trinajstić information content (AvgIpc) is 2.82. The van der Waals surface area contributed by atoms with Crippen LogP contribution >= 0.6 is 0 Å². The molecule has 0 radical (unpaired) electrons. The second-order valence-electron chi connectivity index (χ2n) is 4.09. The van der Waals surface area contributed by atoms with Gasteiger partial charge in [0.05, 0.1) is 6.20 Å². The van der Waals surface area contributed by atoms with Crippen molar-refractivity contribution >= 4 is 5.97 Å². The highest BCUT2D eigenvalue weighted by molar-refractivity contribution is 5.76. The van der Waals surface area contributed by atoms with Crippen LogP contribution in [0.15, 0.2) is 36.7 Å². The number of halogens is 1. The maximum atomic E-state index is 12.9. The molecule has 1 atom stereocenters. The quantitative estimate of drug-likeness (QED) is 0.846. The van der Waals surface area contributed by atoms with E-state index in [9.17, 15) is 14.3 Å². The number of hydrogen-bond acceptors (Lipinski definition) is 4. The van der Waals surface area contributed by atoms with Crippen LogP contribution in [0.4, 0.5) is 4.39 Å². The molecule has 2 aromatic rings. The highest BCUT2D eigenvalue weighted by atomic mass is 19.1. The molecule has 0 saturated heterocycles. The van der Waals surface area contributed by atoms with Gasteiger partial charge in [-0.25, -0.2) is 9.18 Å². The lowest BCUT2D eigenvalue weighted by Crippen LogP contribution is -2.15. The zero-order chi connectivity index (χ0) is 13.8. The van der Waals surface area contributed by atoms with Gasteiger partial charge in [-0.2, -0.15) is 5.10 Å². The van der Waals surface area contributed by atoms with Crippen molar-refractivity contribution in [3.05, 3.63) is 53.6 Å². The van der Waals surface area contributed by atoms with Crippen molar-refractivity contribution in [2.45, 2.75) is 12.7 Å². The number of aliphatic hydroxyl groups excluding tert-OH is 1. The number of benzene rings is 1. The first kappa shape index (κ1) is 13.2. The lowest BCUT2D eigenvalue weighted by molar-refractivity contribution is -0.155. The van der Waals surface area contributed by atoms with E-state index < -0.39 is 17.9 Å². The fourth-order valence-corrected chi connectivity index (χ4v) is 1.58. The molecule has 1 aromatic carbocycles. The van der Waals surface area contributed by atoms with Crippen LogP contribution in [0.25, 0.3) is 0 Å². The van der Waals surface area contributed by atoms with Gasteiger partial charge in [0.1, 0.15) is 12.4 Å². The summed E-state index contributed by atoms with van der Waals surface area (Å²) in [6.45, 7) is -0.0894. The third-order valence-corrected chi connectivity index (χ3v) is 2.53. The van der Waals surface area contributed by atoms with Gasteiger partial charge in [-0.15, -0.1) is 0 Å². The van der Waals surface area contributed by atoms with Crippen LogP contribution in [-0.2, 0) is 23.2 Å². The Morgan fingerprint density at radius 2 is 2.37 bits per heavy atom. The molecule has 100 valence electrons. The minimum absolute atomic E-state index is 0.0894. The molecule has 1 heterocycles. The van der Waals surface area contributed by atoms with Gasteiger partial charge in [0.2, 0.25) is 0 Å². The number of rotatable bonds is 4. The number of hydrogen-bond donors (Lipinski definition) is 1. The van der Waals surface area contributed by atoms with E-state index in [0.29, 0.717) is 11.1 Å². The van der Waals surface area contributed by atoms with E-state index in [1.165, 1.54) is 35.3 Å². The highest BCUT2D eigenvalue weighted by Gasteiger charge is 2.20. The van der Waals surface area contributed by atoms with E-state index in [4.69, 9.17) is 4.74 Å². The monoisotopic (exact) mass is 264 g/mol. The first-order chi connectivity index (χ1) is 9.06. The summed E-state index contributed by atoms with van der Waals surface area (Å²) in [4.78, 5) is 11.6. The van der Waals surface area contributed by atoms with E-state index in [1.54, 1.807) is 13.1 Å². The Morgan fingerprint density at radius 1 is 1.58 bits per heavy atom. The SMILES string of the molecule is Cn1cc([C@H](O)C(=O)OCc2cccc(F)c2)cn1. The maximum absolute atomic E-state index is 12.9. The number of ether oxygens (including phenoxy) is 1. The van der Waals surface area contributed by atoms with Crippen LogP contribution < -0.4 is 0 Å². The normalized spacial score (nSPS) is 12.2. The lowest BCUT2D eigenvalue weighted by Gasteiger charge is -2.09. The zero-order valence-electron chi connectivity index (χ0n) is 10.3. The van der Waals surface area contributed by atoms with Gasteiger partial charge in [-0.1, -0.05) is 12.1 Å². The van der Waals surface area contributed by atoms with Crippen molar-refractivity contribution in [3.8, 4) is 0 Å². The first-order valence-electron chi connectivity index (χ1n) is 5.64. The van der Waals surface area contributed by atoms with Crippen molar-refractivity contribution in [2.24, 2.45) is 7.05 Å². The molecule has 0 amide bonds. The van der Waals surface area contributed by atoms with Crippen LogP contribution in [-0.4, -0.2) is 20.9 Å². The van der Waals surface area contributed by atoms with E-state index in [0.717, 1.165) is 0 Å². The third kappa shape index (κ3) is 3.38. The molecule has 19 heavy (non-hydrogen) atoms. The first-order valence-corrected chi connectivity index (χ1v) is 5.64. The molecular weight excluding hydrogens is 251 g/mol. The molecule has 0 unspecified atom stereocenters. The number of aromatic nitrogens is 2. The van der Waals surface area contributed by atoms with Gasteiger partial charge < -0.3 is 9.84 Å². The highest BCUT2D eigenvalue weighted by Crippen LogP contribution is 2.14. The Morgan fingerprint density at radius 3 is 3.00 bits per heavy atom. The fraction of sp³-hybridized carbons (Fsp3) is 0.231. The molecule has 5 nitrogen and oxygen atoms in total. The van der Waals surface area contributed by atoms with Crippen LogP contribution in [0.1, 0.15) is 17.2 Å². The van der Waals surface area contributed by atoms with Gasteiger partial charge in [-0.3, -0.25) is 4.68 Å². The summed E-state index contributed by atoms with van der Waals surface area (Å²) in [5, 5.41) is 13.6. The van der Waals surface area contributed by atoms with Crippen molar-refractivity contribution in [1.82, 2.24) is 9.78 Å². The van der Waals surface area contributed by atoms with Crippen molar-refractivity contribution in [1.29, 1.82) is 0 Å². The number of carbonyl (C=O) groups excluding carboxylic acids is 1. The molecular formula is C13H13FN2O3. The molecule has 0 aliphatic carbocycles. The largest absolute Gasteiger partial charge is 0.459 e. The summed E-state index contributed by atoms with van der Waals surface area (Å²) >= 11 is 0. The number of aryl methyl sites for hydroxylation is 1. The fourth-order valence-electron chi connectivity index (χ4n) is 1.58. The smallest absolute Gasteiger partial charge is 0.340 e. The van der Waals surface area contributed by atoms with Crippen molar-refractivity contribution in [3.63, 3.8) is 0 Å². The standard InChI is InChI=1S/C13H13FN2O3/c1-16-7-10(6-15-16)12(17)13(18)19-8-9-3-2-4-11(14)5-9/h2-7,12,17H,8H2,1H3/t12-/m0/s1. The molecule has 6 heteroatoms. The van der Waals surface area contributed by atoms with Crippen molar-refractivity contribution < 1.29 is 19.0 Å². The summed E-state index contributed by atoms with van der Waals surface area (Å²) in [6.07, 6.45) is 1.52. The molecule has 0 fully saturated rings. The third-order valence-electron chi connectivity index (χ3n) is 2.53. The molecule has 2 rings (SSSR count). The molecule has 0 spiro atoms. The molecule has 0 saturated carbocycles. The maximum Gasteiger partial charge on any atom is 0.340 e. The second kappa shape index (κ2) is 5.62. The van der Waals surface area contributed by atoms with E-state index in [1.807, 2.05) is 0 Å². The molecule has 0 bridgehead atoms. The minimum Gasteiger partial charge on any atom is -0.459 e. The van der Waals surface area contributed by atoms with Gasteiger partial charge in [0.25, 0.3) is 0 Å². The summed E-state index contributed by atoms with van der Waals surface area (Å²) in [6, 6.07) is 5.72. The topological polar surface area (TPSA) is 64.4 Å². The van der Waals surface area contributed by atoms with Gasteiger partial charge in [0, 0.05) is 18.8 Å². The summed E-state index contributed by atoms with van der Waals surface area (Å²) in [5.74, 6) is -1.20. The Hall–Kier alpha value is -2.21. The second-order valence-corrected chi connectivity index (χ2v) is 4.09. The Balaban J connectivity index is 1.94. The van der Waals surface area contributed by atoms with E-state index in [-0.39, 0.29) is 6.61 Å². The van der Waals surface area contributed by atoms with Crippen LogP contribution in [0.5, 0.6) is 0 Å². The number of esters is 1. The lowest BCUT2D eigenvalue weighted by atomic mass is 10.2. The van der Waals surface area contributed by atoms with Gasteiger partial charge in [-0.05, 0) is 17.7 Å². The van der Waals surface area contributed by atoms with Crippen LogP contribution in [0, 0.1) is 5.82 Å². The van der Waals surface area contributed by atoms with E-state index in [2.05, 4.69) is 5.10 Å². The minimum atomic E-state index is -1.39. The van der Waals surface area contributed by atoms with Crippen LogP contribution in [0.3, 0.4) is 0 Å². The van der Waals surface area contributed by atoms with Gasteiger partial charge >= 0.3 is 5.97 Å². The molecule has 0 aliphatic rings. The number of carbonyl (C=O) groups is 1. The summed E-state index contributed by atoms with van der Waals surface area (Å²) < 4.78 is 19.3. The summed E-state index contributed by atoms with van der Waals surface area (Å²) in [5.41, 5.74) is 0.874. The van der Waals surface area contributed by atoms with E-state index >= 15 is 0 Å². The molecule has 1 aromatic heterocycles. The Labute approximate surface area is 109 Å². The predicted molar refractivity (Wildman–Crippen MR) is 64.4 cm³/mol. The summed E-state index contributed by atoms with van der Waals surface area (Å²) in [7, 11) is 1.67. The Bertz CT molecular complexity index is 583. The number of aliphatic hydroxyl groups is 1. The Kier molecular flexibility index (Phi) is 3.91. The van der Waals surface area contributed by atoms with Gasteiger partial charge in [0.15, 0.2) is 6.10 Å². The molecule has 0 aliphatic heterocycles. The average molecular weight is 264 g/mol. The number of nitrogens with zero attached hydrogens (tertiary/aromatic N) is 2. The van der Waals surface area contributed by atoms with Crippen molar-refractivity contribution in [2.75, 3.05) is 0 Å². The zero-order valence-corrected chi connectivity index (χ0v) is 10.3.